The van der Waals surface area contributed by atoms with Crippen LogP contribution in [0.25, 0.3) is 0 Å². The van der Waals surface area contributed by atoms with E-state index in [1.54, 1.807) is 0 Å². The van der Waals surface area contributed by atoms with Crippen LogP contribution in [0.4, 0.5) is 0 Å². The van der Waals surface area contributed by atoms with Crippen molar-refractivity contribution in [2.75, 3.05) is 25.6 Å². The molecule has 1 saturated heterocycles. The van der Waals surface area contributed by atoms with Gasteiger partial charge in [0.25, 0.3) is 0 Å². The van der Waals surface area contributed by atoms with E-state index in [4.69, 9.17) is 4.74 Å². The molecule has 1 heterocycles. The molecule has 21 heavy (non-hydrogen) atoms. The van der Waals surface area contributed by atoms with E-state index < -0.39 is 0 Å². The zero-order chi connectivity index (χ0) is 14.5. The van der Waals surface area contributed by atoms with Crippen molar-refractivity contribution in [2.24, 2.45) is 5.92 Å². The molecule has 0 amide bonds. The predicted octanol–water partition coefficient (Wildman–Crippen LogP) is 3.61. The van der Waals surface area contributed by atoms with Crippen LogP contribution in [0.3, 0.4) is 0 Å². The van der Waals surface area contributed by atoms with Gasteiger partial charge >= 0.3 is 0 Å². The summed E-state index contributed by atoms with van der Waals surface area (Å²) < 4.78 is 5.41. The van der Waals surface area contributed by atoms with Crippen molar-refractivity contribution < 1.29 is 4.74 Å². The number of hydrogen-bond donors (Lipinski definition) is 1. The van der Waals surface area contributed by atoms with Crippen molar-refractivity contribution in [3.05, 3.63) is 71.8 Å². The Hall–Kier alpha value is -1.29. The number of likely N-dealkylation sites (tertiary alicyclic amines) is 1. The molecule has 1 fully saturated rings. The van der Waals surface area contributed by atoms with E-state index in [9.17, 15) is 0 Å². The molecule has 0 radical (unpaired) electrons. The lowest BCUT2D eigenvalue weighted by Gasteiger charge is -2.44. The van der Waals surface area contributed by atoms with Crippen molar-refractivity contribution in [2.45, 2.75) is 6.04 Å². The molecule has 1 aliphatic rings. The van der Waals surface area contributed by atoms with E-state index in [0.717, 1.165) is 19.7 Å². The summed E-state index contributed by atoms with van der Waals surface area (Å²) in [4.78, 5) is 2.53. The molecule has 2 aromatic rings. The zero-order valence-electron chi connectivity index (χ0n) is 12.1. The third kappa shape index (κ3) is 3.49. The van der Waals surface area contributed by atoms with Gasteiger partial charge in [0.15, 0.2) is 0 Å². The number of benzene rings is 2. The fourth-order valence-corrected chi connectivity index (χ4v) is 3.14. The SMILES string of the molecule is SCOCC1CN(C(c2ccccc2)c2ccccc2)C1. The number of ether oxygens (including phenoxy) is 1. The third-order valence-electron chi connectivity index (χ3n) is 4.03. The van der Waals surface area contributed by atoms with Crippen LogP contribution in [0, 0.1) is 5.92 Å². The van der Waals surface area contributed by atoms with Crippen molar-refractivity contribution in [3.8, 4) is 0 Å². The molecule has 2 nitrogen and oxygen atoms in total. The molecule has 2 aromatic carbocycles. The average molecular weight is 299 g/mol. The van der Waals surface area contributed by atoms with Crippen molar-refractivity contribution in [1.82, 2.24) is 4.90 Å². The molecule has 0 aliphatic carbocycles. The van der Waals surface area contributed by atoms with E-state index in [2.05, 4.69) is 78.2 Å². The van der Waals surface area contributed by atoms with Crippen molar-refractivity contribution in [1.29, 1.82) is 0 Å². The number of rotatable bonds is 6. The maximum atomic E-state index is 5.41. The van der Waals surface area contributed by atoms with E-state index in [0.29, 0.717) is 17.9 Å². The van der Waals surface area contributed by atoms with E-state index in [-0.39, 0.29) is 0 Å². The number of nitrogens with zero attached hydrogens (tertiary/aromatic N) is 1. The van der Waals surface area contributed by atoms with E-state index in [1.807, 2.05) is 0 Å². The Bertz CT molecular complexity index is 500. The van der Waals surface area contributed by atoms with Gasteiger partial charge in [0.2, 0.25) is 0 Å². The highest BCUT2D eigenvalue weighted by Crippen LogP contribution is 2.34. The van der Waals surface area contributed by atoms with Gasteiger partial charge in [-0.25, -0.2) is 0 Å². The summed E-state index contributed by atoms with van der Waals surface area (Å²) in [5, 5.41) is 0. The molecule has 0 N–H and O–H groups in total. The minimum absolute atomic E-state index is 0.347. The van der Waals surface area contributed by atoms with Gasteiger partial charge in [0, 0.05) is 19.0 Å². The van der Waals surface area contributed by atoms with Gasteiger partial charge in [-0.05, 0) is 11.1 Å². The van der Waals surface area contributed by atoms with Crippen LogP contribution in [0.1, 0.15) is 17.2 Å². The van der Waals surface area contributed by atoms with E-state index in [1.165, 1.54) is 11.1 Å². The first-order valence-corrected chi connectivity index (χ1v) is 8.04. The standard InChI is InChI=1S/C18H21NOS/c21-14-20-13-15-11-19(12-15)18(16-7-3-1-4-8-16)17-9-5-2-6-10-17/h1-10,15,18,21H,11-14H2. The Labute approximate surface area is 132 Å². The smallest absolute Gasteiger partial charge is 0.0892 e. The molecule has 3 rings (SSSR count). The topological polar surface area (TPSA) is 12.5 Å². The second-order valence-electron chi connectivity index (χ2n) is 5.54. The molecule has 1 aliphatic heterocycles. The van der Waals surface area contributed by atoms with Gasteiger partial charge in [0.05, 0.1) is 18.6 Å². The second-order valence-corrected chi connectivity index (χ2v) is 5.80. The summed E-state index contributed by atoms with van der Waals surface area (Å²) in [5.41, 5.74) is 2.72. The molecule has 0 unspecified atom stereocenters. The quantitative estimate of drug-likeness (QED) is 0.646. The fourth-order valence-electron chi connectivity index (χ4n) is 3.03. The lowest BCUT2D eigenvalue weighted by atomic mass is 9.90. The van der Waals surface area contributed by atoms with Crippen LogP contribution in [0.2, 0.25) is 0 Å². The summed E-state index contributed by atoms with van der Waals surface area (Å²) in [6, 6.07) is 21.8. The minimum atomic E-state index is 0.347. The van der Waals surface area contributed by atoms with Crippen LogP contribution in [-0.2, 0) is 4.74 Å². The first kappa shape index (κ1) is 14.6. The maximum Gasteiger partial charge on any atom is 0.0892 e. The fraction of sp³-hybridized carbons (Fsp3) is 0.333. The Morgan fingerprint density at radius 1 is 0.952 bits per heavy atom. The minimum Gasteiger partial charge on any atom is -0.371 e. The van der Waals surface area contributed by atoms with Gasteiger partial charge < -0.3 is 4.74 Å². The monoisotopic (exact) mass is 299 g/mol. The summed E-state index contributed by atoms with van der Waals surface area (Å²) in [6.07, 6.45) is 0. The van der Waals surface area contributed by atoms with Crippen LogP contribution in [-0.4, -0.2) is 30.5 Å². The lowest BCUT2D eigenvalue weighted by Crippen LogP contribution is -2.50. The Balaban J connectivity index is 1.76. The molecule has 0 saturated carbocycles. The molecule has 0 bridgehead atoms. The number of thiol groups is 1. The lowest BCUT2D eigenvalue weighted by molar-refractivity contribution is 0.0120. The Morgan fingerprint density at radius 2 is 1.48 bits per heavy atom. The van der Waals surface area contributed by atoms with Crippen molar-refractivity contribution in [3.63, 3.8) is 0 Å². The summed E-state index contributed by atoms with van der Waals surface area (Å²) in [5.74, 6) is 1.14. The van der Waals surface area contributed by atoms with Gasteiger partial charge in [-0.1, -0.05) is 60.7 Å². The third-order valence-corrected chi connectivity index (χ3v) is 4.21. The first-order chi connectivity index (χ1) is 10.4. The molecule has 0 aromatic heterocycles. The van der Waals surface area contributed by atoms with Crippen LogP contribution in [0.15, 0.2) is 60.7 Å². The summed E-state index contributed by atoms with van der Waals surface area (Å²) in [7, 11) is 0. The summed E-state index contributed by atoms with van der Waals surface area (Å²) >= 11 is 4.10. The van der Waals surface area contributed by atoms with Gasteiger partial charge in [0.1, 0.15) is 0 Å². The average Bonchev–Trinajstić information content (AvgIpc) is 2.51. The van der Waals surface area contributed by atoms with Crippen LogP contribution < -0.4 is 0 Å². The van der Waals surface area contributed by atoms with Gasteiger partial charge in [-0.2, -0.15) is 12.6 Å². The molecule has 0 spiro atoms. The van der Waals surface area contributed by atoms with E-state index >= 15 is 0 Å². The highest BCUT2D eigenvalue weighted by Gasteiger charge is 2.33. The molecule has 3 heteroatoms. The van der Waals surface area contributed by atoms with Gasteiger partial charge in [-0.3, -0.25) is 4.90 Å². The summed E-state index contributed by atoms with van der Waals surface area (Å²) in [6.45, 7) is 2.99. The van der Waals surface area contributed by atoms with Gasteiger partial charge in [-0.15, -0.1) is 0 Å². The molecular formula is C18H21NOS. The first-order valence-electron chi connectivity index (χ1n) is 7.41. The van der Waals surface area contributed by atoms with Crippen LogP contribution >= 0.6 is 12.6 Å². The largest absolute Gasteiger partial charge is 0.371 e. The highest BCUT2D eigenvalue weighted by atomic mass is 32.1. The molecular weight excluding hydrogens is 278 g/mol. The number of hydrogen-bond acceptors (Lipinski definition) is 3. The second kappa shape index (κ2) is 7.12. The molecule has 0 atom stereocenters. The normalized spacial score (nSPS) is 16.1. The molecule has 110 valence electrons. The zero-order valence-corrected chi connectivity index (χ0v) is 13.0. The Morgan fingerprint density at radius 3 is 1.95 bits per heavy atom. The van der Waals surface area contributed by atoms with Crippen molar-refractivity contribution >= 4 is 12.6 Å². The maximum absolute atomic E-state index is 5.41. The predicted molar refractivity (Wildman–Crippen MR) is 89.6 cm³/mol. The van der Waals surface area contributed by atoms with Crippen LogP contribution in [0.5, 0.6) is 0 Å². The highest BCUT2D eigenvalue weighted by molar-refractivity contribution is 7.80. The Kier molecular flexibility index (Phi) is 4.96.